The van der Waals surface area contributed by atoms with Crippen molar-refractivity contribution in [2.24, 2.45) is 5.41 Å². The van der Waals surface area contributed by atoms with Crippen LogP contribution in [0.2, 0.25) is 0 Å². The normalized spacial score (nSPS) is 18.7. The standard InChI is InChI=1S/C14H29N3O3S/c1-14(2,3)7-10-21(19,20)16-12-5-8-17(9-6-12)11-13(18)15-4/h12,16H,5-11H2,1-4H3,(H,15,18). The van der Waals surface area contributed by atoms with Crippen molar-refractivity contribution in [3.63, 3.8) is 0 Å². The quantitative estimate of drug-likeness (QED) is 0.749. The first-order chi connectivity index (χ1) is 9.61. The smallest absolute Gasteiger partial charge is 0.233 e. The highest BCUT2D eigenvalue weighted by atomic mass is 32.2. The molecule has 0 aliphatic carbocycles. The Balaban J connectivity index is 2.36. The first-order valence-electron chi connectivity index (χ1n) is 7.54. The van der Waals surface area contributed by atoms with E-state index in [4.69, 9.17) is 0 Å². The van der Waals surface area contributed by atoms with Gasteiger partial charge in [-0.05, 0) is 24.7 Å². The maximum atomic E-state index is 12.1. The molecule has 6 nitrogen and oxygen atoms in total. The first kappa shape index (κ1) is 18.4. The Morgan fingerprint density at radius 1 is 1.24 bits per heavy atom. The van der Waals surface area contributed by atoms with E-state index in [1.165, 1.54) is 0 Å². The van der Waals surface area contributed by atoms with Gasteiger partial charge in [-0.3, -0.25) is 9.69 Å². The van der Waals surface area contributed by atoms with E-state index in [9.17, 15) is 13.2 Å². The largest absolute Gasteiger partial charge is 0.358 e. The summed E-state index contributed by atoms with van der Waals surface area (Å²) in [5.41, 5.74) is 0.0195. The molecule has 7 heteroatoms. The average Bonchev–Trinajstić information content (AvgIpc) is 2.38. The van der Waals surface area contributed by atoms with Crippen LogP contribution >= 0.6 is 0 Å². The molecule has 0 spiro atoms. The lowest BCUT2D eigenvalue weighted by Gasteiger charge is -2.31. The maximum absolute atomic E-state index is 12.1. The van der Waals surface area contributed by atoms with Crippen LogP contribution in [0.1, 0.15) is 40.0 Å². The number of likely N-dealkylation sites (N-methyl/N-ethyl adjacent to an activating group) is 1. The van der Waals surface area contributed by atoms with Crippen molar-refractivity contribution in [2.45, 2.75) is 46.1 Å². The minimum Gasteiger partial charge on any atom is -0.358 e. The molecule has 1 heterocycles. The Morgan fingerprint density at radius 3 is 2.29 bits per heavy atom. The predicted molar refractivity (Wildman–Crippen MR) is 84.5 cm³/mol. The van der Waals surface area contributed by atoms with Gasteiger partial charge in [0.15, 0.2) is 0 Å². The minimum atomic E-state index is -3.21. The van der Waals surface area contributed by atoms with E-state index in [0.29, 0.717) is 13.0 Å². The van der Waals surface area contributed by atoms with Gasteiger partial charge < -0.3 is 5.32 Å². The van der Waals surface area contributed by atoms with Gasteiger partial charge in [-0.15, -0.1) is 0 Å². The van der Waals surface area contributed by atoms with E-state index >= 15 is 0 Å². The van der Waals surface area contributed by atoms with E-state index in [-0.39, 0.29) is 23.1 Å². The molecule has 0 aromatic carbocycles. The highest BCUT2D eigenvalue weighted by Gasteiger charge is 2.25. The van der Waals surface area contributed by atoms with Gasteiger partial charge in [-0.2, -0.15) is 0 Å². The van der Waals surface area contributed by atoms with Crippen LogP contribution in [0.25, 0.3) is 0 Å². The van der Waals surface area contributed by atoms with Crippen LogP contribution in [-0.4, -0.2) is 57.7 Å². The van der Waals surface area contributed by atoms with E-state index in [1.54, 1.807) is 7.05 Å². The average molecular weight is 319 g/mol. The highest BCUT2D eigenvalue weighted by Crippen LogP contribution is 2.19. The lowest BCUT2D eigenvalue weighted by Crippen LogP contribution is -2.47. The summed E-state index contributed by atoms with van der Waals surface area (Å²) in [6.07, 6.45) is 2.16. The SMILES string of the molecule is CNC(=O)CN1CCC(NS(=O)(=O)CCC(C)(C)C)CC1. The second kappa shape index (κ2) is 7.56. The third-order valence-corrected chi connectivity index (χ3v) is 5.13. The number of piperidine rings is 1. The number of hydrogen-bond acceptors (Lipinski definition) is 4. The van der Waals surface area contributed by atoms with Crippen molar-refractivity contribution >= 4 is 15.9 Å². The number of nitrogens with zero attached hydrogens (tertiary/aromatic N) is 1. The molecular formula is C14H29N3O3S. The molecule has 1 aliphatic rings. The fraction of sp³-hybridized carbons (Fsp3) is 0.929. The molecular weight excluding hydrogens is 290 g/mol. The minimum absolute atomic E-state index is 0.000733. The zero-order valence-corrected chi connectivity index (χ0v) is 14.4. The summed E-state index contributed by atoms with van der Waals surface area (Å²) in [5, 5.41) is 2.60. The fourth-order valence-corrected chi connectivity index (χ4v) is 3.99. The Labute approximate surface area is 128 Å². The number of hydrogen-bond donors (Lipinski definition) is 2. The Bertz CT molecular complexity index is 435. The molecule has 0 bridgehead atoms. The molecule has 124 valence electrons. The summed E-state index contributed by atoms with van der Waals surface area (Å²) in [5.74, 6) is 0.175. The summed E-state index contributed by atoms with van der Waals surface area (Å²) in [6.45, 7) is 8.01. The van der Waals surface area contributed by atoms with E-state index in [2.05, 4.69) is 14.9 Å². The molecule has 0 radical (unpaired) electrons. The van der Waals surface area contributed by atoms with E-state index in [0.717, 1.165) is 25.9 Å². The van der Waals surface area contributed by atoms with Crippen LogP contribution in [-0.2, 0) is 14.8 Å². The predicted octanol–water partition coefficient (Wildman–Crippen LogP) is 0.552. The Morgan fingerprint density at radius 2 is 1.81 bits per heavy atom. The van der Waals surface area contributed by atoms with Gasteiger partial charge in [0.25, 0.3) is 0 Å². The Kier molecular flexibility index (Phi) is 6.62. The van der Waals surface area contributed by atoms with Crippen LogP contribution in [0.15, 0.2) is 0 Å². The van der Waals surface area contributed by atoms with Gasteiger partial charge in [-0.1, -0.05) is 20.8 Å². The number of nitrogens with one attached hydrogen (secondary N) is 2. The summed E-state index contributed by atoms with van der Waals surface area (Å²) < 4.78 is 26.9. The maximum Gasteiger partial charge on any atom is 0.233 e. The van der Waals surface area contributed by atoms with Crippen LogP contribution in [0.5, 0.6) is 0 Å². The van der Waals surface area contributed by atoms with Crippen molar-refractivity contribution in [3.8, 4) is 0 Å². The second-order valence-corrected chi connectivity index (χ2v) is 8.84. The first-order valence-corrected chi connectivity index (χ1v) is 9.19. The van der Waals surface area contributed by atoms with Gasteiger partial charge in [0.1, 0.15) is 0 Å². The molecule has 21 heavy (non-hydrogen) atoms. The topological polar surface area (TPSA) is 78.5 Å². The van der Waals surface area contributed by atoms with Gasteiger partial charge in [0.2, 0.25) is 15.9 Å². The van der Waals surface area contributed by atoms with Crippen molar-refractivity contribution in [2.75, 3.05) is 32.4 Å². The molecule has 1 aliphatic heterocycles. The van der Waals surface area contributed by atoms with E-state index in [1.807, 2.05) is 20.8 Å². The molecule has 1 saturated heterocycles. The lowest BCUT2D eigenvalue weighted by atomic mass is 9.94. The van der Waals surface area contributed by atoms with Gasteiger partial charge >= 0.3 is 0 Å². The number of amides is 1. The third-order valence-electron chi connectivity index (χ3n) is 3.70. The van der Waals surface area contributed by atoms with Crippen molar-refractivity contribution in [1.29, 1.82) is 0 Å². The lowest BCUT2D eigenvalue weighted by molar-refractivity contribution is -0.122. The molecule has 2 N–H and O–H groups in total. The van der Waals surface area contributed by atoms with Gasteiger partial charge in [0.05, 0.1) is 12.3 Å². The number of carbonyl (C=O) groups is 1. The monoisotopic (exact) mass is 319 g/mol. The van der Waals surface area contributed by atoms with Gasteiger partial charge in [0, 0.05) is 26.2 Å². The zero-order valence-electron chi connectivity index (χ0n) is 13.6. The molecule has 0 aromatic rings. The summed E-state index contributed by atoms with van der Waals surface area (Å²) in [7, 11) is -1.58. The number of likely N-dealkylation sites (tertiary alicyclic amines) is 1. The third kappa shape index (κ3) is 7.78. The molecule has 0 saturated carbocycles. The van der Waals surface area contributed by atoms with Crippen molar-refractivity contribution < 1.29 is 13.2 Å². The molecule has 0 aromatic heterocycles. The summed E-state index contributed by atoms with van der Waals surface area (Å²) in [6, 6.07) is -0.00379. The molecule has 0 atom stereocenters. The fourth-order valence-electron chi connectivity index (χ4n) is 2.24. The van der Waals surface area contributed by atoms with Crippen LogP contribution < -0.4 is 10.0 Å². The van der Waals surface area contributed by atoms with Crippen molar-refractivity contribution in [1.82, 2.24) is 14.9 Å². The number of rotatable bonds is 6. The van der Waals surface area contributed by atoms with E-state index < -0.39 is 10.0 Å². The molecule has 1 amide bonds. The number of sulfonamides is 1. The molecule has 1 fully saturated rings. The van der Waals surface area contributed by atoms with Gasteiger partial charge in [-0.25, -0.2) is 13.1 Å². The van der Waals surface area contributed by atoms with Crippen LogP contribution in [0, 0.1) is 5.41 Å². The highest BCUT2D eigenvalue weighted by molar-refractivity contribution is 7.89. The zero-order chi connectivity index (χ0) is 16.1. The molecule has 0 unspecified atom stereocenters. The van der Waals surface area contributed by atoms with Crippen LogP contribution in [0.3, 0.4) is 0 Å². The molecule has 1 rings (SSSR count). The second-order valence-electron chi connectivity index (χ2n) is 6.97. The summed E-state index contributed by atoms with van der Waals surface area (Å²) >= 11 is 0. The van der Waals surface area contributed by atoms with Crippen molar-refractivity contribution in [3.05, 3.63) is 0 Å². The number of carbonyl (C=O) groups excluding carboxylic acids is 1. The Hall–Kier alpha value is -0.660. The van der Waals surface area contributed by atoms with Crippen LogP contribution in [0.4, 0.5) is 0 Å². The summed E-state index contributed by atoms with van der Waals surface area (Å²) in [4.78, 5) is 13.4.